The summed E-state index contributed by atoms with van der Waals surface area (Å²) in [5.74, 6) is 0.643. The third-order valence-electron chi connectivity index (χ3n) is 4.25. The molecule has 2 aromatic rings. The summed E-state index contributed by atoms with van der Waals surface area (Å²) in [5, 5.41) is 0. The molecular formula is C18H22N2. The van der Waals surface area contributed by atoms with Crippen LogP contribution in [-0.4, -0.2) is 24.5 Å². The summed E-state index contributed by atoms with van der Waals surface area (Å²) in [6.45, 7) is 3.04. The Morgan fingerprint density at radius 3 is 1.95 bits per heavy atom. The van der Waals surface area contributed by atoms with E-state index in [0.29, 0.717) is 12.0 Å². The van der Waals surface area contributed by atoms with Crippen LogP contribution in [0.15, 0.2) is 60.7 Å². The molecule has 2 heteroatoms. The van der Waals surface area contributed by atoms with Gasteiger partial charge in [0.1, 0.15) is 0 Å². The lowest BCUT2D eigenvalue weighted by Gasteiger charge is -2.29. The number of benzene rings is 2. The molecule has 104 valence electrons. The molecule has 1 unspecified atom stereocenters. The maximum absolute atomic E-state index is 5.85. The summed E-state index contributed by atoms with van der Waals surface area (Å²) in [6, 6.07) is 21.9. The van der Waals surface area contributed by atoms with E-state index in [1.807, 2.05) is 0 Å². The Morgan fingerprint density at radius 2 is 1.50 bits per heavy atom. The van der Waals surface area contributed by atoms with Gasteiger partial charge in [0.2, 0.25) is 0 Å². The minimum absolute atomic E-state index is 0.356. The van der Waals surface area contributed by atoms with Gasteiger partial charge in [0.05, 0.1) is 6.04 Å². The first kappa shape index (κ1) is 13.3. The first-order chi connectivity index (χ1) is 9.88. The van der Waals surface area contributed by atoms with E-state index in [1.165, 1.54) is 17.5 Å². The van der Waals surface area contributed by atoms with Crippen LogP contribution in [0.4, 0.5) is 0 Å². The van der Waals surface area contributed by atoms with Crippen molar-refractivity contribution in [2.45, 2.75) is 12.5 Å². The second kappa shape index (κ2) is 6.21. The van der Waals surface area contributed by atoms with E-state index in [1.54, 1.807) is 0 Å². The van der Waals surface area contributed by atoms with Gasteiger partial charge in [0.15, 0.2) is 0 Å². The first-order valence-corrected chi connectivity index (χ1v) is 7.42. The van der Waals surface area contributed by atoms with Gasteiger partial charge in [-0.05, 0) is 36.6 Å². The van der Waals surface area contributed by atoms with Crippen LogP contribution in [0.5, 0.6) is 0 Å². The molecule has 0 spiro atoms. The molecule has 1 aliphatic heterocycles. The van der Waals surface area contributed by atoms with E-state index in [-0.39, 0.29) is 0 Å². The van der Waals surface area contributed by atoms with E-state index in [2.05, 4.69) is 65.6 Å². The van der Waals surface area contributed by atoms with Crippen LogP contribution in [0.3, 0.4) is 0 Å². The highest BCUT2D eigenvalue weighted by Gasteiger charge is 2.29. The van der Waals surface area contributed by atoms with Gasteiger partial charge in [0, 0.05) is 6.54 Å². The summed E-state index contributed by atoms with van der Waals surface area (Å²) >= 11 is 0. The molecule has 0 radical (unpaired) electrons. The maximum Gasteiger partial charge on any atom is 0.0601 e. The highest BCUT2D eigenvalue weighted by Crippen LogP contribution is 2.32. The molecule has 0 bridgehead atoms. The Labute approximate surface area is 121 Å². The highest BCUT2D eigenvalue weighted by molar-refractivity contribution is 5.32. The van der Waals surface area contributed by atoms with E-state index >= 15 is 0 Å². The summed E-state index contributed by atoms with van der Waals surface area (Å²) in [7, 11) is 0. The maximum atomic E-state index is 5.85. The van der Waals surface area contributed by atoms with E-state index in [4.69, 9.17) is 5.73 Å². The zero-order valence-electron chi connectivity index (χ0n) is 11.8. The first-order valence-electron chi connectivity index (χ1n) is 7.42. The average Bonchev–Trinajstić information content (AvgIpc) is 2.98. The molecule has 0 aliphatic carbocycles. The van der Waals surface area contributed by atoms with Gasteiger partial charge in [-0.1, -0.05) is 60.7 Å². The molecule has 0 saturated carbocycles. The lowest BCUT2D eigenvalue weighted by atomic mass is 9.97. The molecule has 1 saturated heterocycles. The van der Waals surface area contributed by atoms with Crippen molar-refractivity contribution in [1.82, 2.24) is 4.90 Å². The number of hydrogen-bond acceptors (Lipinski definition) is 2. The fourth-order valence-electron chi connectivity index (χ4n) is 3.17. The average molecular weight is 266 g/mol. The van der Waals surface area contributed by atoms with Gasteiger partial charge in [-0.3, -0.25) is 4.90 Å². The minimum atomic E-state index is 0.356. The Kier molecular flexibility index (Phi) is 4.14. The number of nitrogens with two attached hydrogens (primary N) is 1. The van der Waals surface area contributed by atoms with Gasteiger partial charge < -0.3 is 5.73 Å². The van der Waals surface area contributed by atoms with E-state index in [9.17, 15) is 0 Å². The SMILES string of the molecule is NCC1CCN(C(c2ccccc2)c2ccccc2)C1. The zero-order valence-corrected chi connectivity index (χ0v) is 11.8. The quantitative estimate of drug-likeness (QED) is 0.921. The van der Waals surface area contributed by atoms with Crippen LogP contribution in [0.1, 0.15) is 23.6 Å². The zero-order chi connectivity index (χ0) is 13.8. The van der Waals surface area contributed by atoms with Crippen molar-refractivity contribution in [2.75, 3.05) is 19.6 Å². The number of hydrogen-bond donors (Lipinski definition) is 1. The van der Waals surface area contributed by atoms with Gasteiger partial charge in [-0.25, -0.2) is 0 Å². The molecule has 1 atom stereocenters. The van der Waals surface area contributed by atoms with E-state index < -0.39 is 0 Å². The number of nitrogens with zero attached hydrogens (tertiary/aromatic N) is 1. The third-order valence-corrected chi connectivity index (χ3v) is 4.25. The van der Waals surface area contributed by atoms with Crippen molar-refractivity contribution in [3.8, 4) is 0 Å². The molecular weight excluding hydrogens is 244 g/mol. The van der Waals surface area contributed by atoms with Crippen LogP contribution in [0.2, 0.25) is 0 Å². The normalized spacial score (nSPS) is 19.6. The lowest BCUT2D eigenvalue weighted by molar-refractivity contribution is 0.270. The standard InChI is InChI=1S/C18H22N2/c19-13-15-11-12-20(14-15)18(16-7-3-1-4-8-16)17-9-5-2-6-10-17/h1-10,15,18H,11-14,19H2. The lowest BCUT2D eigenvalue weighted by Crippen LogP contribution is -2.28. The van der Waals surface area contributed by atoms with Gasteiger partial charge in [0.25, 0.3) is 0 Å². The summed E-state index contributed by atoms with van der Waals surface area (Å²) in [5.41, 5.74) is 8.59. The molecule has 1 fully saturated rings. The topological polar surface area (TPSA) is 29.3 Å². The Bertz CT molecular complexity index is 484. The van der Waals surface area contributed by atoms with Crippen LogP contribution in [0.25, 0.3) is 0 Å². The number of likely N-dealkylation sites (tertiary alicyclic amines) is 1. The molecule has 1 aliphatic rings. The van der Waals surface area contributed by atoms with Crippen LogP contribution < -0.4 is 5.73 Å². The predicted molar refractivity (Wildman–Crippen MR) is 83.5 cm³/mol. The van der Waals surface area contributed by atoms with Gasteiger partial charge in [-0.15, -0.1) is 0 Å². The van der Waals surface area contributed by atoms with E-state index in [0.717, 1.165) is 19.6 Å². The van der Waals surface area contributed by atoms with Gasteiger partial charge >= 0.3 is 0 Å². The van der Waals surface area contributed by atoms with Gasteiger partial charge in [-0.2, -0.15) is 0 Å². The summed E-state index contributed by atoms with van der Waals surface area (Å²) < 4.78 is 0. The fourth-order valence-corrected chi connectivity index (χ4v) is 3.17. The molecule has 0 aromatic heterocycles. The predicted octanol–water partition coefficient (Wildman–Crippen LogP) is 3.06. The summed E-state index contributed by atoms with van der Waals surface area (Å²) in [6.07, 6.45) is 1.21. The molecule has 2 nitrogen and oxygen atoms in total. The molecule has 20 heavy (non-hydrogen) atoms. The van der Waals surface area contributed by atoms with Crippen LogP contribution in [0, 0.1) is 5.92 Å². The number of rotatable bonds is 4. The summed E-state index contributed by atoms with van der Waals surface area (Å²) in [4.78, 5) is 2.57. The smallest absolute Gasteiger partial charge is 0.0601 e. The molecule has 1 heterocycles. The molecule has 2 aromatic carbocycles. The van der Waals surface area contributed by atoms with Crippen molar-refractivity contribution in [3.05, 3.63) is 71.8 Å². The van der Waals surface area contributed by atoms with Crippen molar-refractivity contribution in [2.24, 2.45) is 11.7 Å². The van der Waals surface area contributed by atoms with Crippen LogP contribution in [-0.2, 0) is 0 Å². The molecule has 0 amide bonds. The largest absolute Gasteiger partial charge is 0.330 e. The van der Waals surface area contributed by atoms with Crippen molar-refractivity contribution >= 4 is 0 Å². The fraction of sp³-hybridized carbons (Fsp3) is 0.333. The minimum Gasteiger partial charge on any atom is -0.330 e. The van der Waals surface area contributed by atoms with Crippen LogP contribution >= 0.6 is 0 Å². The molecule has 2 N–H and O–H groups in total. The van der Waals surface area contributed by atoms with Crippen molar-refractivity contribution in [3.63, 3.8) is 0 Å². The second-order valence-corrected chi connectivity index (χ2v) is 5.61. The Balaban J connectivity index is 1.93. The second-order valence-electron chi connectivity index (χ2n) is 5.61. The third kappa shape index (κ3) is 2.77. The molecule has 3 rings (SSSR count). The Morgan fingerprint density at radius 1 is 0.950 bits per heavy atom. The van der Waals surface area contributed by atoms with Crippen molar-refractivity contribution in [1.29, 1.82) is 0 Å². The van der Waals surface area contributed by atoms with Crippen molar-refractivity contribution < 1.29 is 0 Å². The highest BCUT2D eigenvalue weighted by atomic mass is 15.2. The Hall–Kier alpha value is -1.64. The monoisotopic (exact) mass is 266 g/mol.